The maximum atomic E-state index is 16.8. The van der Waals surface area contributed by atoms with Gasteiger partial charge in [0.2, 0.25) is 29.6 Å². The molecule has 6 aromatic rings. The molecule has 0 saturated carbocycles. The molecule has 4 amide bonds. The number of aromatic nitrogens is 3. The third-order valence-corrected chi connectivity index (χ3v) is 15.7. The topological polar surface area (TPSA) is 242 Å². The molecule has 6 N–H and O–H groups in total. The minimum Gasteiger partial charge on any atom is -0.508 e. The first-order valence-corrected chi connectivity index (χ1v) is 28.9. The highest BCUT2D eigenvalue weighted by atomic mass is 35.5. The molecule has 8 rings (SSSR count). The van der Waals surface area contributed by atoms with Gasteiger partial charge >= 0.3 is 0 Å². The lowest BCUT2D eigenvalue weighted by Gasteiger charge is -2.35. The molecule has 0 aliphatic carbocycles. The minimum absolute atomic E-state index is 0.0220. The molecular formula is C59H74ClFN10O10S. The number of rotatable bonds is 26. The zero-order chi connectivity index (χ0) is 58.5. The van der Waals surface area contributed by atoms with E-state index < -0.39 is 41.2 Å². The number of halogens is 2. The van der Waals surface area contributed by atoms with Crippen LogP contribution in [-0.4, -0.2) is 182 Å². The lowest BCUT2D eigenvalue weighted by molar-refractivity contribution is -0.144. The number of carbonyl (C=O) groups is 4. The van der Waals surface area contributed by atoms with E-state index in [1.165, 1.54) is 11.0 Å². The Morgan fingerprint density at radius 1 is 0.915 bits per heavy atom. The lowest BCUT2D eigenvalue weighted by atomic mass is 9.85. The predicted octanol–water partition coefficient (Wildman–Crippen LogP) is 6.49. The first-order chi connectivity index (χ1) is 39.4. The first-order valence-electron chi connectivity index (χ1n) is 27.6. The number of amides is 4. The smallest absolute Gasteiger partial charge is 0.246 e. The molecule has 4 aromatic carbocycles. The van der Waals surface area contributed by atoms with Gasteiger partial charge < -0.3 is 65.1 Å². The van der Waals surface area contributed by atoms with Gasteiger partial charge in [0.1, 0.15) is 35.8 Å². The Morgan fingerprint density at radius 3 is 2.28 bits per heavy atom. The number of likely N-dealkylation sites (N-methyl/N-ethyl adjacent to an activating group) is 1. The van der Waals surface area contributed by atoms with Gasteiger partial charge in [-0.1, -0.05) is 80.9 Å². The number of hydrogen-bond acceptors (Lipinski definition) is 17. The van der Waals surface area contributed by atoms with Gasteiger partial charge in [-0.3, -0.25) is 19.2 Å². The fraction of sp³-hybridized carbons (Fsp3) is 0.475. The van der Waals surface area contributed by atoms with Crippen molar-refractivity contribution in [3.8, 4) is 27.3 Å². The summed E-state index contributed by atoms with van der Waals surface area (Å²) >= 11 is 8.41. The van der Waals surface area contributed by atoms with Gasteiger partial charge in [-0.15, -0.1) is 11.3 Å². The molecule has 0 radical (unpaired) electrons. The van der Waals surface area contributed by atoms with Crippen LogP contribution in [0.15, 0.2) is 72.2 Å². The van der Waals surface area contributed by atoms with E-state index in [1.54, 1.807) is 40.9 Å². The zero-order valence-electron chi connectivity index (χ0n) is 47.3. The zero-order valence-corrected chi connectivity index (χ0v) is 48.8. The summed E-state index contributed by atoms with van der Waals surface area (Å²) in [7, 11) is 1.69. The molecule has 2 saturated heterocycles. The summed E-state index contributed by atoms with van der Waals surface area (Å²) in [4.78, 5) is 73.7. The van der Waals surface area contributed by atoms with Crippen molar-refractivity contribution in [3.05, 3.63) is 94.3 Å². The van der Waals surface area contributed by atoms with Gasteiger partial charge in [-0.2, -0.15) is 4.98 Å². The standard InChI is InChI=1S/C59H74ClFN10O10S/c1-36(38-11-13-39(14-12-38)53-37(2)64-35-82-53)65-56(76)47-31-42(73)33-71(47)57(77)54(59(3,4)5)66-48(74)34-81-28-27-80-26-25-79-24-23-78-22-21-69(6)49(75)15-16-63-58-67-52-45(55(68-58)70-19-17-62-18-20-70)32-46(60)50(51(52)61)44-30-41(72)29-40-9-7-8-10-43(40)44/h7-14,29-30,32,35-36,42,47,54,62,72-73H,15-28,31,33-34H2,1-6H3,(H,65,76)(H,66,74)(H,63,67,68)/t36-,42+,47-,54+/m0/s1. The summed E-state index contributed by atoms with van der Waals surface area (Å²) in [5.41, 5.74) is 4.57. The number of piperazine rings is 1. The quantitative estimate of drug-likeness (QED) is 0.0318. The van der Waals surface area contributed by atoms with Gasteiger partial charge in [0.15, 0.2) is 5.82 Å². The second-order valence-corrected chi connectivity index (χ2v) is 22.8. The van der Waals surface area contributed by atoms with Crippen LogP contribution < -0.4 is 26.2 Å². The van der Waals surface area contributed by atoms with Crippen LogP contribution in [0.4, 0.5) is 16.2 Å². The molecule has 2 aliphatic heterocycles. The van der Waals surface area contributed by atoms with Crippen LogP contribution in [0, 0.1) is 18.2 Å². The van der Waals surface area contributed by atoms with E-state index in [1.807, 2.05) is 83.1 Å². The van der Waals surface area contributed by atoms with Crippen LogP contribution in [0.1, 0.15) is 57.8 Å². The number of carbonyl (C=O) groups excluding carboxylic acids is 4. The molecule has 440 valence electrons. The van der Waals surface area contributed by atoms with Crippen LogP contribution in [0.5, 0.6) is 5.75 Å². The third kappa shape index (κ3) is 15.7. The Labute approximate surface area is 486 Å². The van der Waals surface area contributed by atoms with Crippen LogP contribution in [0.2, 0.25) is 5.02 Å². The number of nitrogens with one attached hydrogen (secondary N) is 4. The van der Waals surface area contributed by atoms with E-state index in [0.29, 0.717) is 56.2 Å². The molecule has 0 spiro atoms. The Hall–Kier alpha value is -6.63. The van der Waals surface area contributed by atoms with Crippen molar-refractivity contribution in [2.24, 2.45) is 5.41 Å². The number of aliphatic hydroxyl groups is 1. The highest BCUT2D eigenvalue weighted by Gasteiger charge is 2.45. The molecule has 2 fully saturated rings. The largest absolute Gasteiger partial charge is 0.508 e. The Kier molecular flexibility index (Phi) is 21.4. The number of phenols is 1. The number of benzene rings is 4. The van der Waals surface area contributed by atoms with Crippen LogP contribution in [0.25, 0.3) is 43.2 Å². The number of ether oxygens (including phenoxy) is 4. The fourth-order valence-corrected chi connectivity index (χ4v) is 11.1. The predicted molar refractivity (Wildman–Crippen MR) is 315 cm³/mol. The van der Waals surface area contributed by atoms with Crippen LogP contribution in [0.3, 0.4) is 0 Å². The first kappa shape index (κ1) is 61.4. The second kappa shape index (κ2) is 28.6. The summed E-state index contributed by atoms with van der Waals surface area (Å²) in [5.74, 6) is -1.48. The van der Waals surface area contributed by atoms with Crippen molar-refractivity contribution in [3.63, 3.8) is 0 Å². The van der Waals surface area contributed by atoms with Crippen molar-refractivity contribution >= 4 is 80.0 Å². The monoisotopic (exact) mass is 1170 g/mol. The van der Waals surface area contributed by atoms with E-state index in [0.717, 1.165) is 45.6 Å². The number of aliphatic hydroxyl groups excluding tert-OH is 1. The Bertz CT molecular complexity index is 3180. The summed E-state index contributed by atoms with van der Waals surface area (Å²) in [6, 6.07) is 17.8. The van der Waals surface area contributed by atoms with E-state index in [-0.39, 0.29) is 105 Å². The van der Waals surface area contributed by atoms with E-state index >= 15 is 4.39 Å². The molecule has 82 heavy (non-hydrogen) atoms. The molecular weight excluding hydrogens is 1100 g/mol. The number of thiazole rings is 1. The number of nitrogens with zero attached hydrogens (tertiary/aromatic N) is 6. The molecule has 4 heterocycles. The van der Waals surface area contributed by atoms with E-state index in [2.05, 4.69) is 36.1 Å². The second-order valence-electron chi connectivity index (χ2n) is 21.5. The highest BCUT2D eigenvalue weighted by molar-refractivity contribution is 7.13. The summed E-state index contributed by atoms with van der Waals surface area (Å²) in [5, 5.41) is 35.6. The minimum atomic E-state index is -0.998. The van der Waals surface area contributed by atoms with Gasteiger partial charge in [-0.25, -0.2) is 14.4 Å². The summed E-state index contributed by atoms with van der Waals surface area (Å²) in [6.07, 6.45) is -0.711. The number of fused-ring (bicyclic) bond motifs is 2. The Morgan fingerprint density at radius 2 is 1.60 bits per heavy atom. The molecule has 23 heteroatoms. The number of phenolic OH excluding ortho intramolecular Hbond substituents is 1. The van der Waals surface area contributed by atoms with Crippen molar-refractivity contribution in [2.75, 3.05) is 116 Å². The van der Waals surface area contributed by atoms with Crippen LogP contribution in [-0.2, 0) is 38.1 Å². The van der Waals surface area contributed by atoms with E-state index in [4.69, 9.17) is 35.5 Å². The number of hydrogen-bond donors (Lipinski definition) is 6. The number of likely N-dealkylation sites (tertiary alicyclic amines) is 1. The summed E-state index contributed by atoms with van der Waals surface area (Å²) < 4.78 is 39.3. The number of aryl methyl sites for hydroxylation is 1. The summed E-state index contributed by atoms with van der Waals surface area (Å²) in [6.45, 7) is 13.9. The maximum Gasteiger partial charge on any atom is 0.246 e. The average molecular weight is 1170 g/mol. The van der Waals surface area contributed by atoms with Gasteiger partial charge in [-0.05, 0) is 64.9 Å². The fourth-order valence-electron chi connectivity index (χ4n) is 9.97. The van der Waals surface area contributed by atoms with Gasteiger partial charge in [0.25, 0.3) is 0 Å². The molecule has 2 aromatic heterocycles. The lowest BCUT2D eigenvalue weighted by Crippen LogP contribution is -2.58. The highest BCUT2D eigenvalue weighted by Crippen LogP contribution is 2.42. The average Bonchev–Trinajstić information content (AvgIpc) is 2.36. The van der Waals surface area contributed by atoms with Crippen molar-refractivity contribution in [1.29, 1.82) is 0 Å². The third-order valence-electron chi connectivity index (χ3n) is 14.4. The van der Waals surface area contributed by atoms with Crippen LogP contribution >= 0.6 is 22.9 Å². The van der Waals surface area contributed by atoms with Gasteiger partial charge in [0.05, 0.1) is 79.5 Å². The number of anilines is 2. The van der Waals surface area contributed by atoms with Crippen molar-refractivity contribution in [1.82, 2.24) is 40.7 Å². The number of β-amino-alcohol motifs (C(OH)–C–C–N with tert-alkyl or cyclic N) is 1. The SMILES string of the molecule is Cc1ncsc1-c1ccc([C@H](C)NC(=O)[C@@H]2C[C@@H](O)CN2C(=O)[C@@H](NC(=O)COCCOCCOCCOCCN(C)C(=O)CCNc2nc(N3CCNCC3)c3cc(Cl)c(-c4cc(O)cc5ccccc45)c(F)c3n2)C(C)(C)C)cc1. The number of aromatic hydroxyl groups is 1. The normalized spacial score (nSPS) is 16.4. The molecule has 4 atom stereocenters. The van der Waals surface area contributed by atoms with Crippen molar-refractivity contribution < 1.29 is 52.7 Å². The molecule has 0 unspecified atom stereocenters. The van der Waals surface area contributed by atoms with Crippen molar-refractivity contribution in [2.45, 2.75) is 71.7 Å². The molecule has 2 aliphatic rings. The Balaban J connectivity index is 0.699. The molecule has 20 nitrogen and oxygen atoms in total. The van der Waals surface area contributed by atoms with E-state index in [9.17, 15) is 29.4 Å². The molecule has 0 bridgehead atoms. The maximum absolute atomic E-state index is 16.8. The van der Waals surface area contributed by atoms with Gasteiger partial charge in [0, 0.05) is 76.7 Å².